The van der Waals surface area contributed by atoms with Gasteiger partial charge in [0.2, 0.25) is 0 Å². The molecule has 0 bridgehead atoms. The van der Waals surface area contributed by atoms with E-state index in [-0.39, 0.29) is 4.90 Å². The third-order valence-electron chi connectivity index (χ3n) is 2.07. The van der Waals surface area contributed by atoms with Gasteiger partial charge in [0.05, 0.1) is 10.5 Å². The van der Waals surface area contributed by atoms with E-state index in [0.717, 1.165) is 0 Å². The average molecular weight is 264 g/mol. The van der Waals surface area contributed by atoms with Gasteiger partial charge in [-0.05, 0) is 23.6 Å². The first-order valence-corrected chi connectivity index (χ1v) is 7.05. The number of nitrogens with one attached hydrogen (secondary N) is 1. The summed E-state index contributed by atoms with van der Waals surface area (Å²) in [6.45, 7) is 0. The van der Waals surface area contributed by atoms with Crippen LogP contribution in [0.15, 0.2) is 46.7 Å². The van der Waals surface area contributed by atoms with Crippen LogP contribution in [0.4, 0.5) is 5.00 Å². The van der Waals surface area contributed by atoms with Crippen LogP contribution in [0.2, 0.25) is 0 Å². The molecule has 0 radical (unpaired) electrons. The standard InChI is InChI=1S/C11H8N2O2S2/c12-8-9-6-7-16-11(9)13-17(14,15)10-4-2-1-3-5-10/h1-7,13H. The van der Waals surface area contributed by atoms with Crippen molar-refractivity contribution >= 4 is 26.4 Å². The summed E-state index contributed by atoms with van der Waals surface area (Å²) in [6, 6.07) is 11.5. The van der Waals surface area contributed by atoms with E-state index in [4.69, 9.17) is 5.26 Å². The van der Waals surface area contributed by atoms with Gasteiger partial charge in [-0.1, -0.05) is 18.2 Å². The molecule has 0 amide bonds. The average Bonchev–Trinajstić information content (AvgIpc) is 2.77. The van der Waals surface area contributed by atoms with E-state index in [1.54, 1.807) is 29.6 Å². The first-order chi connectivity index (χ1) is 8.13. The highest BCUT2D eigenvalue weighted by Crippen LogP contribution is 2.25. The Balaban J connectivity index is 2.34. The van der Waals surface area contributed by atoms with Gasteiger partial charge < -0.3 is 0 Å². The summed E-state index contributed by atoms with van der Waals surface area (Å²) in [4.78, 5) is 0.178. The summed E-state index contributed by atoms with van der Waals surface area (Å²) in [7, 11) is -3.61. The number of benzene rings is 1. The van der Waals surface area contributed by atoms with Gasteiger partial charge in [-0.25, -0.2) is 8.42 Å². The Labute approximate surface area is 103 Å². The third-order valence-corrected chi connectivity index (χ3v) is 4.39. The fourth-order valence-electron chi connectivity index (χ4n) is 1.26. The van der Waals surface area contributed by atoms with E-state index in [1.807, 2.05) is 6.07 Å². The summed E-state index contributed by atoms with van der Waals surface area (Å²) < 4.78 is 26.3. The van der Waals surface area contributed by atoms with Crippen molar-refractivity contribution in [2.24, 2.45) is 0 Å². The largest absolute Gasteiger partial charge is 0.269 e. The molecule has 2 rings (SSSR count). The molecule has 0 atom stereocenters. The number of sulfonamides is 1. The van der Waals surface area contributed by atoms with Crippen molar-refractivity contribution in [3.8, 4) is 6.07 Å². The van der Waals surface area contributed by atoms with Crippen molar-refractivity contribution in [2.75, 3.05) is 4.72 Å². The van der Waals surface area contributed by atoms with Gasteiger partial charge in [0, 0.05) is 0 Å². The summed E-state index contributed by atoms with van der Waals surface area (Å²) in [6.07, 6.45) is 0. The molecule has 6 heteroatoms. The summed E-state index contributed by atoms with van der Waals surface area (Å²) in [5.41, 5.74) is 0.328. The fourth-order valence-corrected chi connectivity index (χ4v) is 3.35. The van der Waals surface area contributed by atoms with Crippen molar-refractivity contribution in [1.29, 1.82) is 5.26 Å². The van der Waals surface area contributed by atoms with E-state index in [0.29, 0.717) is 10.6 Å². The zero-order chi connectivity index (χ0) is 12.3. The molecule has 0 unspecified atom stereocenters. The smallest absolute Gasteiger partial charge is 0.262 e. The molecule has 0 saturated carbocycles. The number of rotatable bonds is 3. The molecule has 1 aromatic carbocycles. The minimum Gasteiger partial charge on any atom is -0.269 e. The van der Waals surface area contributed by atoms with E-state index < -0.39 is 10.0 Å². The lowest BCUT2D eigenvalue weighted by Crippen LogP contribution is -2.12. The highest BCUT2D eigenvalue weighted by Gasteiger charge is 2.16. The van der Waals surface area contributed by atoms with Crippen molar-refractivity contribution in [3.05, 3.63) is 47.3 Å². The number of thiophene rings is 1. The molecule has 0 aliphatic rings. The van der Waals surface area contributed by atoms with Crippen LogP contribution in [-0.2, 0) is 10.0 Å². The minimum atomic E-state index is -3.61. The number of hydrogen-bond donors (Lipinski definition) is 1. The van der Waals surface area contributed by atoms with E-state index in [1.165, 1.54) is 23.5 Å². The Kier molecular flexibility index (Phi) is 3.13. The topological polar surface area (TPSA) is 70.0 Å². The molecule has 2 aromatic rings. The number of nitrogens with zero attached hydrogens (tertiary/aromatic N) is 1. The molecule has 0 aliphatic carbocycles. The lowest BCUT2D eigenvalue weighted by Gasteiger charge is -2.05. The van der Waals surface area contributed by atoms with Gasteiger partial charge in [-0.2, -0.15) is 5.26 Å². The molecule has 0 saturated heterocycles. The molecule has 1 N–H and O–H groups in total. The predicted octanol–water partition coefficient (Wildman–Crippen LogP) is 2.42. The molecule has 0 spiro atoms. The quantitative estimate of drug-likeness (QED) is 0.925. The normalized spacial score (nSPS) is 10.8. The Morgan fingerprint density at radius 2 is 1.88 bits per heavy atom. The molecular weight excluding hydrogens is 256 g/mol. The van der Waals surface area contributed by atoms with Crippen molar-refractivity contribution < 1.29 is 8.42 Å². The fraction of sp³-hybridized carbons (Fsp3) is 0. The lowest BCUT2D eigenvalue weighted by molar-refractivity contribution is 0.601. The Morgan fingerprint density at radius 1 is 1.18 bits per heavy atom. The molecule has 86 valence electrons. The van der Waals surface area contributed by atoms with Gasteiger partial charge in [0.25, 0.3) is 10.0 Å². The second kappa shape index (κ2) is 4.57. The molecule has 0 aliphatic heterocycles. The molecule has 17 heavy (non-hydrogen) atoms. The van der Waals surface area contributed by atoms with Crippen LogP contribution < -0.4 is 4.72 Å². The van der Waals surface area contributed by atoms with Crippen molar-refractivity contribution in [3.63, 3.8) is 0 Å². The molecule has 1 aromatic heterocycles. The van der Waals surface area contributed by atoms with Crippen molar-refractivity contribution in [1.82, 2.24) is 0 Å². The molecular formula is C11H8N2O2S2. The van der Waals surface area contributed by atoms with E-state index in [2.05, 4.69) is 4.72 Å². The molecule has 0 fully saturated rings. The van der Waals surface area contributed by atoms with Crippen molar-refractivity contribution in [2.45, 2.75) is 4.90 Å². The monoisotopic (exact) mass is 264 g/mol. The maximum Gasteiger partial charge on any atom is 0.262 e. The summed E-state index contributed by atoms with van der Waals surface area (Å²) in [5.74, 6) is 0. The Hall–Kier alpha value is -1.84. The SMILES string of the molecule is N#Cc1ccsc1NS(=O)(=O)c1ccccc1. The maximum absolute atomic E-state index is 12.0. The Morgan fingerprint density at radius 3 is 2.53 bits per heavy atom. The lowest BCUT2D eigenvalue weighted by atomic mass is 10.4. The molecule has 1 heterocycles. The second-order valence-electron chi connectivity index (χ2n) is 3.19. The van der Waals surface area contributed by atoms with Crippen LogP contribution >= 0.6 is 11.3 Å². The van der Waals surface area contributed by atoms with Crippen LogP contribution in [0, 0.1) is 11.3 Å². The summed E-state index contributed by atoms with van der Waals surface area (Å²) >= 11 is 1.18. The van der Waals surface area contributed by atoms with Gasteiger partial charge in [-0.3, -0.25) is 4.72 Å². The first-order valence-electron chi connectivity index (χ1n) is 4.69. The number of anilines is 1. The van der Waals surface area contributed by atoms with Gasteiger partial charge in [0.15, 0.2) is 0 Å². The van der Waals surface area contributed by atoms with Gasteiger partial charge in [-0.15, -0.1) is 11.3 Å². The highest BCUT2D eigenvalue weighted by atomic mass is 32.2. The zero-order valence-electron chi connectivity index (χ0n) is 8.62. The van der Waals surface area contributed by atoms with Crippen LogP contribution in [-0.4, -0.2) is 8.42 Å². The first kappa shape index (κ1) is 11.6. The molecule has 4 nitrogen and oxygen atoms in total. The van der Waals surface area contributed by atoms with Crippen LogP contribution in [0.3, 0.4) is 0 Å². The van der Waals surface area contributed by atoms with E-state index >= 15 is 0 Å². The predicted molar refractivity (Wildman–Crippen MR) is 66.3 cm³/mol. The van der Waals surface area contributed by atoms with Gasteiger partial charge >= 0.3 is 0 Å². The highest BCUT2D eigenvalue weighted by molar-refractivity contribution is 7.93. The van der Waals surface area contributed by atoms with Crippen LogP contribution in [0.25, 0.3) is 0 Å². The van der Waals surface area contributed by atoms with Crippen LogP contribution in [0.1, 0.15) is 5.56 Å². The van der Waals surface area contributed by atoms with Gasteiger partial charge in [0.1, 0.15) is 11.1 Å². The van der Waals surface area contributed by atoms with Crippen LogP contribution in [0.5, 0.6) is 0 Å². The number of hydrogen-bond acceptors (Lipinski definition) is 4. The third kappa shape index (κ3) is 2.46. The summed E-state index contributed by atoms with van der Waals surface area (Å²) in [5, 5.41) is 10.8. The minimum absolute atomic E-state index is 0.178. The maximum atomic E-state index is 12.0. The Bertz CT molecular complexity index is 654. The second-order valence-corrected chi connectivity index (χ2v) is 5.79. The number of nitriles is 1. The zero-order valence-corrected chi connectivity index (χ0v) is 10.3. The van der Waals surface area contributed by atoms with E-state index in [9.17, 15) is 8.42 Å².